The van der Waals surface area contributed by atoms with E-state index in [0.29, 0.717) is 37.8 Å². The molecule has 1 aliphatic rings. The van der Waals surface area contributed by atoms with Crippen molar-refractivity contribution in [2.45, 2.75) is 13.8 Å². The number of aryl methyl sites for hydroxylation is 2. The summed E-state index contributed by atoms with van der Waals surface area (Å²) in [5.74, 6) is 0.934. The number of anilines is 1. The van der Waals surface area contributed by atoms with Gasteiger partial charge in [0.1, 0.15) is 5.76 Å². The maximum atomic E-state index is 12.3. The van der Waals surface area contributed by atoms with E-state index in [9.17, 15) is 9.59 Å². The molecule has 1 aliphatic heterocycles. The number of piperazine rings is 1. The third-order valence-electron chi connectivity index (χ3n) is 4.44. The number of carbonyl (C=O) groups excluding carboxylic acids is 2. The summed E-state index contributed by atoms with van der Waals surface area (Å²) in [6, 6.07) is 9.70. The lowest BCUT2D eigenvalue weighted by Crippen LogP contribution is -2.50. The molecule has 0 saturated carbocycles. The fraction of sp³-hybridized carbons (Fsp3) is 0.350. The van der Waals surface area contributed by atoms with Gasteiger partial charge in [-0.05, 0) is 25.5 Å². The van der Waals surface area contributed by atoms with Crippen molar-refractivity contribution < 1.29 is 14.1 Å². The molecule has 2 heterocycles. The molecule has 1 N–H and O–H groups in total. The van der Waals surface area contributed by atoms with Crippen LogP contribution >= 0.6 is 0 Å². The van der Waals surface area contributed by atoms with Crippen LogP contribution in [0, 0.1) is 13.8 Å². The second-order valence-electron chi connectivity index (χ2n) is 6.72. The molecule has 2 amide bonds. The maximum Gasteiger partial charge on any atom is 0.246 e. The Balaban J connectivity index is 1.43. The van der Waals surface area contributed by atoms with E-state index in [1.54, 1.807) is 24.0 Å². The zero-order valence-corrected chi connectivity index (χ0v) is 15.6. The molecule has 0 radical (unpaired) electrons. The van der Waals surface area contributed by atoms with Crippen LogP contribution in [0.1, 0.15) is 16.9 Å². The van der Waals surface area contributed by atoms with Crippen LogP contribution in [0.4, 0.5) is 5.82 Å². The van der Waals surface area contributed by atoms with Crippen molar-refractivity contribution in [1.82, 2.24) is 15.0 Å². The van der Waals surface area contributed by atoms with Crippen LogP contribution in [0.25, 0.3) is 6.08 Å². The van der Waals surface area contributed by atoms with Crippen molar-refractivity contribution >= 4 is 23.7 Å². The Bertz CT molecular complexity index is 818. The van der Waals surface area contributed by atoms with E-state index in [2.05, 4.69) is 10.5 Å². The van der Waals surface area contributed by atoms with Crippen LogP contribution in [-0.2, 0) is 9.59 Å². The third-order valence-corrected chi connectivity index (χ3v) is 4.44. The van der Waals surface area contributed by atoms with Gasteiger partial charge in [0.05, 0.1) is 6.54 Å². The molecule has 3 rings (SSSR count). The second-order valence-corrected chi connectivity index (χ2v) is 6.72. The molecule has 0 bridgehead atoms. The van der Waals surface area contributed by atoms with Gasteiger partial charge in [0, 0.05) is 38.3 Å². The van der Waals surface area contributed by atoms with E-state index in [4.69, 9.17) is 4.52 Å². The predicted octanol–water partition coefficient (Wildman–Crippen LogP) is 2.09. The van der Waals surface area contributed by atoms with Crippen LogP contribution in [-0.4, -0.2) is 59.5 Å². The van der Waals surface area contributed by atoms with Crippen molar-refractivity contribution in [2.75, 3.05) is 38.0 Å². The number of hydrogen-bond acceptors (Lipinski definition) is 5. The van der Waals surface area contributed by atoms with Crippen LogP contribution in [0.2, 0.25) is 0 Å². The summed E-state index contributed by atoms with van der Waals surface area (Å²) in [6.07, 6.45) is 3.45. The summed E-state index contributed by atoms with van der Waals surface area (Å²) in [6.45, 7) is 6.61. The van der Waals surface area contributed by atoms with E-state index < -0.39 is 0 Å². The highest BCUT2D eigenvalue weighted by Crippen LogP contribution is 2.09. The molecule has 1 aromatic heterocycles. The summed E-state index contributed by atoms with van der Waals surface area (Å²) >= 11 is 0. The van der Waals surface area contributed by atoms with Crippen LogP contribution in [0.15, 0.2) is 40.9 Å². The Hall–Kier alpha value is -2.93. The van der Waals surface area contributed by atoms with Crippen molar-refractivity contribution in [3.63, 3.8) is 0 Å². The van der Waals surface area contributed by atoms with E-state index in [1.165, 1.54) is 5.56 Å². The first-order chi connectivity index (χ1) is 13.0. The zero-order chi connectivity index (χ0) is 19.2. The Morgan fingerprint density at radius 1 is 1.15 bits per heavy atom. The standard InChI is InChI=1S/C20H24N4O3/c1-15-3-5-17(6-4-15)7-8-20(26)24-11-9-23(10-12-24)14-19(25)21-18-13-16(2)27-22-18/h3-8,13H,9-12,14H2,1-2H3,(H,21,22,25)/b8-7+. The third kappa shape index (κ3) is 5.52. The normalized spacial score (nSPS) is 15.3. The lowest BCUT2D eigenvalue weighted by molar-refractivity contribution is -0.127. The first-order valence-corrected chi connectivity index (χ1v) is 8.99. The van der Waals surface area contributed by atoms with Gasteiger partial charge in [-0.3, -0.25) is 14.5 Å². The molecule has 27 heavy (non-hydrogen) atoms. The van der Waals surface area contributed by atoms with Crippen molar-refractivity contribution in [3.8, 4) is 0 Å². The topological polar surface area (TPSA) is 78.7 Å². The highest BCUT2D eigenvalue weighted by Gasteiger charge is 2.21. The average molecular weight is 368 g/mol. The van der Waals surface area contributed by atoms with Gasteiger partial charge < -0.3 is 14.7 Å². The Labute approximate surface area is 158 Å². The number of amides is 2. The van der Waals surface area contributed by atoms with Crippen LogP contribution in [0.5, 0.6) is 0 Å². The van der Waals surface area contributed by atoms with Crippen molar-refractivity contribution in [2.24, 2.45) is 0 Å². The number of hydrogen-bond donors (Lipinski definition) is 1. The minimum Gasteiger partial charge on any atom is -0.360 e. The predicted molar refractivity (Wildman–Crippen MR) is 103 cm³/mol. The van der Waals surface area contributed by atoms with Crippen LogP contribution < -0.4 is 5.32 Å². The number of carbonyl (C=O) groups is 2. The van der Waals surface area contributed by atoms with Gasteiger partial charge in [-0.1, -0.05) is 35.0 Å². The largest absolute Gasteiger partial charge is 0.360 e. The molecule has 7 heteroatoms. The van der Waals surface area contributed by atoms with Gasteiger partial charge in [-0.25, -0.2) is 0 Å². The van der Waals surface area contributed by atoms with Crippen LogP contribution in [0.3, 0.4) is 0 Å². The highest BCUT2D eigenvalue weighted by molar-refractivity contribution is 5.92. The minimum atomic E-state index is -0.137. The second kappa shape index (κ2) is 8.64. The van der Waals surface area contributed by atoms with E-state index >= 15 is 0 Å². The minimum absolute atomic E-state index is 0.00208. The Morgan fingerprint density at radius 3 is 2.48 bits per heavy atom. The molecule has 1 aromatic carbocycles. The number of rotatable bonds is 5. The van der Waals surface area contributed by atoms with Gasteiger partial charge >= 0.3 is 0 Å². The van der Waals surface area contributed by atoms with E-state index in [-0.39, 0.29) is 18.4 Å². The zero-order valence-electron chi connectivity index (χ0n) is 15.6. The first kappa shape index (κ1) is 18.8. The molecule has 0 atom stereocenters. The summed E-state index contributed by atoms with van der Waals surface area (Å²) < 4.78 is 4.93. The van der Waals surface area contributed by atoms with Gasteiger partial charge in [-0.2, -0.15) is 0 Å². The SMILES string of the molecule is Cc1ccc(/C=C/C(=O)N2CCN(CC(=O)Nc3cc(C)on3)CC2)cc1. The number of nitrogens with zero attached hydrogens (tertiary/aromatic N) is 3. The quantitative estimate of drug-likeness (QED) is 0.818. The number of aromatic nitrogens is 1. The summed E-state index contributed by atoms with van der Waals surface area (Å²) in [4.78, 5) is 28.2. The maximum absolute atomic E-state index is 12.3. The molecule has 0 unspecified atom stereocenters. The summed E-state index contributed by atoms with van der Waals surface area (Å²) in [5.41, 5.74) is 2.20. The van der Waals surface area contributed by atoms with Gasteiger partial charge in [0.15, 0.2) is 5.82 Å². The monoisotopic (exact) mass is 368 g/mol. The molecule has 1 saturated heterocycles. The number of benzene rings is 1. The molecule has 0 aliphatic carbocycles. The van der Waals surface area contributed by atoms with E-state index in [1.807, 2.05) is 42.2 Å². The molecular formula is C20H24N4O3. The molecule has 2 aromatic rings. The fourth-order valence-electron chi connectivity index (χ4n) is 2.89. The van der Waals surface area contributed by atoms with Gasteiger partial charge in [0.25, 0.3) is 0 Å². The van der Waals surface area contributed by atoms with Gasteiger partial charge in [-0.15, -0.1) is 0 Å². The molecule has 142 valence electrons. The molecule has 7 nitrogen and oxygen atoms in total. The fourth-order valence-corrected chi connectivity index (χ4v) is 2.89. The lowest BCUT2D eigenvalue weighted by Gasteiger charge is -2.33. The molecular weight excluding hydrogens is 344 g/mol. The van der Waals surface area contributed by atoms with E-state index in [0.717, 1.165) is 5.56 Å². The number of nitrogens with one attached hydrogen (secondary N) is 1. The summed E-state index contributed by atoms with van der Waals surface area (Å²) in [5, 5.41) is 6.46. The summed E-state index contributed by atoms with van der Waals surface area (Å²) in [7, 11) is 0. The van der Waals surface area contributed by atoms with Crippen molar-refractivity contribution in [1.29, 1.82) is 0 Å². The smallest absolute Gasteiger partial charge is 0.246 e. The lowest BCUT2D eigenvalue weighted by atomic mass is 10.1. The highest BCUT2D eigenvalue weighted by atomic mass is 16.5. The Morgan fingerprint density at radius 2 is 1.85 bits per heavy atom. The van der Waals surface area contributed by atoms with Gasteiger partial charge in [0.2, 0.25) is 11.8 Å². The Kier molecular flexibility index (Phi) is 6.03. The molecule has 1 fully saturated rings. The first-order valence-electron chi connectivity index (χ1n) is 8.99. The molecule has 0 spiro atoms. The average Bonchev–Trinajstić information content (AvgIpc) is 3.06. The van der Waals surface area contributed by atoms with Crippen molar-refractivity contribution in [3.05, 3.63) is 53.3 Å².